The molecule has 0 bridgehead atoms. The first kappa shape index (κ1) is 6.94. The molecular weight excluding hydrogens is 144 g/mol. The third-order valence-electron chi connectivity index (χ3n) is 4.70. The number of fused-ring (bicyclic) bond motifs is 1. The van der Waals surface area contributed by atoms with Crippen LogP contribution in [0.3, 0.4) is 0 Å². The van der Waals surface area contributed by atoms with E-state index in [1.165, 1.54) is 19.3 Å². The van der Waals surface area contributed by atoms with Crippen LogP contribution in [0, 0.1) is 16.7 Å². The monoisotopic (exact) mass is 160 g/mol. The maximum Gasteiger partial charge on any atom is 0.0182 e. The van der Waals surface area contributed by atoms with Crippen LogP contribution in [0.5, 0.6) is 0 Å². The molecular formula is C12H16. The maximum absolute atomic E-state index is 2.50. The van der Waals surface area contributed by atoms with E-state index in [2.05, 4.69) is 32.1 Å². The van der Waals surface area contributed by atoms with Gasteiger partial charge in [-0.2, -0.15) is 0 Å². The van der Waals surface area contributed by atoms with E-state index in [1.54, 1.807) is 5.57 Å². The first-order valence-corrected chi connectivity index (χ1v) is 5.07. The molecule has 0 nitrogen and oxygen atoms in total. The average molecular weight is 160 g/mol. The van der Waals surface area contributed by atoms with E-state index in [4.69, 9.17) is 0 Å². The Bertz CT molecular complexity index is 297. The molecule has 0 amide bonds. The second kappa shape index (κ2) is 1.71. The zero-order chi connectivity index (χ0) is 8.40. The molecule has 0 heteroatoms. The number of rotatable bonds is 0. The van der Waals surface area contributed by atoms with Crippen molar-refractivity contribution in [2.45, 2.75) is 33.1 Å². The third-order valence-corrected chi connectivity index (χ3v) is 4.70. The van der Waals surface area contributed by atoms with Crippen LogP contribution < -0.4 is 0 Å². The Morgan fingerprint density at radius 2 is 2.33 bits per heavy atom. The van der Waals surface area contributed by atoms with Gasteiger partial charge in [-0.1, -0.05) is 30.7 Å². The topological polar surface area (TPSA) is 0 Å². The SMILES string of the molecule is CC1=CC[C@@H]2C13C=CCC[C@@]23C. The number of hydrogen-bond acceptors (Lipinski definition) is 0. The maximum atomic E-state index is 2.50. The Labute approximate surface area is 74.4 Å². The summed E-state index contributed by atoms with van der Waals surface area (Å²) in [4.78, 5) is 0. The molecule has 1 saturated carbocycles. The number of allylic oxidation sites excluding steroid dienone is 4. The fourth-order valence-electron chi connectivity index (χ4n) is 3.92. The van der Waals surface area contributed by atoms with E-state index in [0.29, 0.717) is 10.8 Å². The highest BCUT2D eigenvalue weighted by Gasteiger charge is 2.73. The molecule has 12 heavy (non-hydrogen) atoms. The van der Waals surface area contributed by atoms with Gasteiger partial charge < -0.3 is 0 Å². The Hall–Kier alpha value is -0.520. The van der Waals surface area contributed by atoms with Gasteiger partial charge in [-0.25, -0.2) is 0 Å². The van der Waals surface area contributed by atoms with Crippen LogP contribution in [0.4, 0.5) is 0 Å². The molecule has 0 aromatic carbocycles. The van der Waals surface area contributed by atoms with E-state index < -0.39 is 0 Å². The van der Waals surface area contributed by atoms with Crippen molar-refractivity contribution in [1.29, 1.82) is 0 Å². The molecule has 0 aromatic heterocycles. The Morgan fingerprint density at radius 3 is 3.08 bits per heavy atom. The summed E-state index contributed by atoms with van der Waals surface area (Å²) in [5.74, 6) is 0.962. The van der Waals surface area contributed by atoms with Gasteiger partial charge in [0.25, 0.3) is 0 Å². The smallest absolute Gasteiger partial charge is 0.0182 e. The zero-order valence-corrected chi connectivity index (χ0v) is 7.93. The summed E-state index contributed by atoms with van der Waals surface area (Å²) in [5, 5.41) is 0. The summed E-state index contributed by atoms with van der Waals surface area (Å²) in [6.45, 7) is 4.80. The molecule has 3 aliphatic carbocycles. The van der Waals surface area contributed by atoms with Crippen molar-refractivity contribution < 1.29 is 0 Å². The first-order valence-electron chi connectivity index (χ1n) is 5.07. The molecule has 3 atom stereocenters. The molecule has 1 spiro atoms. The van der Waals surface area contributed by atoms with E-state index in [0.717, 1.165) is 5.92 Å². The van der Waals surface area contributed by atoms with Crippen LogP contribution in [0.2, 0.25) is 0 Å². The molecule has 0 saturated heterocycles. The van der Waals surface area contributed by atoms with Crippen molar-refractivity contribution >= 4 is 0 Å². The van der Waals surface area contributed by atoms with Gasteiger partial charge in [-0.3, -0.25) is 0 Å². The van der Waals surface area contributed by atoms with Crippen LogP contribution in [0.25, 0.3) is 0 Å². The second-order valence-electron chi connectivity index (χ2n) is 4.90. The largest absolute Gasteiger partial charge is 0.0876 e. The summed E-state index contributed by atoms with van der Waals surface area (Å²) in [7, 11) is 0. The van der Waals surface area contributed by atoms with Crippen molar-refractivity contribution in [3.63, 3.8) is 0 Å². The standard InChI is InChI=1S/C12H16/c1-9-5-6-10-11(2)7-3-4-8-12(9,10)11/h4-5,8,10H,3,6-7H2,1-2H3/t10-,11-,12?/m0/s1. The van der Waals surface area contributed by atoms with Gasteiger partial charge in [0, 0.05) is 5.41 Å². The van der Waals surface area contributed by atoms with Crippen LogP contribution in [-0.4, -0.2) is 0 Å². The van der Waals surface area contributed by atoms with Crippen molar-refractivity contribution in [2.75, 3.05) is 0 Å². The van der Waals surface area contributed by atoms with Crippen molar-refractivity contribution in [3.8, 4) is 0 Å². The minimum atomic E-state index is 0.533. The van der Waals surface area contributed by atoms with Crippen LogP contribution in [-0.2, 0) is 0 Å². The Morgan fingerprint density at radius 1 is 1.50 bits per heavy atom. The van der Waals surface area contributed by atoms with Crippen LogP contribution >= 0.6 is 0 Å². The lowest BCUT2D eigenvalue weighted by Crippen LogP contribution is -2.13. The Balaban J connectivity index is 2.14. The van der Waals surface area contributed by atoms with Crippen molar-refractivity contribution in [1.82, 2.24) is 0 Å². The minimum absolute atomic E-state index is 0.533. The van der Waals surface area contributed by atoms with Crippen molar-refractivity contribution in [2.24, 2.45) is 16.7 Å². The summed E-state index contributed by atoms with van der Waals surface area (Å²) in [6, 6.07) is 0. The molecule has 1 fully saturated rings. The van der Waals surface area contributed by atoms with E-state index in [-0.39, 0.29) is 0 Å². The number of hydrogen-bond donors (Lipinski definition) is 0. The van der Waals surface area contributed by atoms with Gasteiger partial charge in [-0.05, 0) is 37.5 Å². The normalized spacial score (nSPS) is 54.5. The second-order valence-corrected chi connectivity index (χ2v) is 4.90. The average Bonchev–Trinajstić information content (AvgIpc) is 2.44. The lowest BCUT2D eigenvalue weighted by molar-refractivity contribution is 0.404. The molecule has 1 unspecified atom stereocenters. The summed E-state index contributed by atoms with van der Waals surface area (Å²) in [5.41, 5.74) is 2.83. The summed E-state index contributed by atoms with van der Waals surface area (Å²) in [6.07, 6.45) is 11.4. The molecule has 64 valence electrons. The summed E-state index contributed by atoms with van der Waals surface area (Å²) < 4.78 is 0. The predicted octanol–water partition coefficient (Wildman–Crippen LogP) is 3.31. The Kier molecular flexibility index (Phi) is 0.988. The highest BCUT2D eigenvalue weighted by atomic mass is 14.8. The van der Waals surface area contributed by atoms with E-state index >= 15 is 0 Å². The van der Waals surface area contributed by atoms with Gasteiger partial charge >= 0.3 is 0 Å². The van der Waals surface area contributed by atoms with Gasteiger partial charge in [0.05, 0.1) is 0 Å². The highest BCUT2D eigenvalue weighted by Crippen LogP contribution is 2.80. The van der Waals surface area contributed by atoms with E-state index in [9.17, 15) is 0 Å². The lowest BCUT2D eigenvalue weighted by Gasteiger charge is -2.23. The molecule has 3 rings (SSSR count). The fourth-order valence-corrected chi connectivity index (χ4v) is 3.92. The van der Waals surface area contributed by atoms with Crippen LogP contribution in [0.1, 0.15) is 33.1 Å². The summed E-state index contributed by atoms with van der Waals surface area (Å²) >= 11 is 0. The molecule has 0 N–H and O–H groups in total. The minimum Gasteiger partial charge on any atom is -0.0876 e. The molecule has 0 aromatic rings. The lowest BCUT2D eigenvalue weighted by atomic mass is 9.81. The van der Waals surface area contributed by atoms with Gasteiger partial charge in [0.15, 0.2) is 0 Å². The first-order chi connectivity index (χ1) is 5.72. The third kappa shape index (κ3) is 0.460. The van der Waals surface area contributed by atoms with E-state index in [1.807, 2.05) is 0 Å². The molecule has 3 aliphatic rings. The van der Waals surface area contributed by atoms with Crippen molar-refractivity contribution in [3.05, 3.63) is 23.8 Å². The molecule has 0 radical (unpaired) electrons. The van der Waals surface area contributed by atoms with Crippen LogP contribution in [0.15, 0.2) is 23.8 Å². The highest BCUT2D eigenvalue weighted by molar-refractivity contribution is 5.46. The van der Waals surface area contributed by atoms with Gasteiger partial charge in [0.2, 0.25) is 0 Å². The van der Waals surface area contributed by atoms with Gasteiger partial charge in [0.1, 0.15) is 0 Å². The quantitative estimate of drug-likeness (QED) is 0.477. The predicted molar refractivity (Wildman–Crippen MR) is 50.8 cm³/mol. The molecule has 0 aliphatic heterocycles. The fraction of sp³-hybridized carbons (Fsp3) is 0.667. The van der Waals surface area contributed by atoms with Gasteiger partial charge in [-0.15, -0.1) is 0 Å². The molecule has 0 heterocycles. The zero-order valence-electron chi connectivity index (χ0n) is 7.93.